The summed E-state index contributed by atoms with van der Waals surface area (Å²) in [5, 5.41) is 3.08. The average Bonchev–Trinajstić information content (AvgIpc) is 3.18. The molecule has 0 bridgehead atoms. The van der Waals surface area contributed by atoms with Crippen molar-refractivity contribution in [1.29, 1.82) is 0 Å². The molecule has 10 heteroatoms. The predicted octanol–water partition coefficient (Wildman–Crippen LogP) is 3.01. The van der Waals surface area contributed by atoms with Gasteiger partial charge in [-0.25, -0.2) is 18.4 Å². The fourth-order valence-electron chi connectivity index (χ4n) is 3.29. The van der Waals surface area contributed by atoms with Crippen LogP contribution in [0.5, 0.6) is 0 Å². The van der Waals surface area contributed by atoms with E-state index in [9.17, 15) is 17.2 Å². The van der Waals surface area contributed by atoms with Crippen molar-refractivity contribution in [2.75, 3.05) is 31.1 Å². The van der Waals surface area contributed by atoms with Crippen molar-refractivity contribution in [3.63, 3.8) is 0 Å². The highest BCUT2D eigenvalue weighted by molar-refractivity contribution is 7.91. The second-order valence-electron chi connectivity index (χ2n) is 6.55. The van der Waals surface area contributed by atoms with Crippen molar-refractivity contribution in [2.45, 2.75) is 17.2 Å². The van der Waals surface area contributed by atoms with E-state index in [0.717, 1.165) is 47.8 Å². The predicted molar refractivity (Wildman–Crippen MR) is 105 cm³/mol. The highest BCUT2D eigenvalue weighted by atomic mass is 32.2. The Morgan fingerprint density at radius 1 is 1.04 bits per heavy atom. The number of hydrogen-bond donors (Lipinski definition) is 0. The molecule has 6 nitrogen and oxygen atoms in total. The molecule has 0 radical (unpaired) electrons. The summed E-state index contributed by atoms with van der Waals surface area (Å²) in [5.41, 5.74) is 0.893. The number of benzene rings is 1. The summed E-state index contributed by atoms with van der Waals surface area (Å²) in [7, 11) is -4.54. The Morgan fingerprint density at radius 3 is 2.43 bits per heavy atom. The monoisotopic (exact) mass is 424 g/mol. The zero-order chi connectivity index (χ0) is 19.7. The summed E-state index contributed by atoms with van der Waals surface area (Å²) in [5.74, 6) is -2.45. The van der Waals surface area contributed by atoms with Crippen LogP contribution in [0, 0.1) is 0 Å². The van der Waals surface area contributed by atoms with Gasteiger partial charge >= 0.3 is 5.76 Å². The summed E-state index contributed by atoms with van der Waals surface area (Å²) >= 11 is 1.59. The molecule has 1 aliphatic heterocycles. The maximum atomic E-state index is 12.6. The van der Waals surface area contributed by atoms with Crippen molar-refractivity contribution >= 4 is 37.2 Å². The van der Waals surface area contributed by atoms with Crippen LogP contribution in [-0.4, -0.2) is 55.2 Å². The van der Waals surface area contributed by atoms with E-state index in [1.54, 1.807) is 29.8 Å². The second kappa shape index (κ2) is 7.69. The van der Waals surface area contributed by atoms with Gasteiger partial charge in [0.25, 0.3) is 0 Å². The summed E-state index contributed by atoms with van der Waals surface area (Å²) < 4.78 is 48.2. The van der Waals surface area contributed by atoms with Crippen molar-refractivity contribution < 1.29 is 17.2 Å². The molecule has 0 spiro atoms. The lowest BCUT2D eigenvalue weighted by Gasteiger charge is -2.35. The number of thiophene rings is 1. The molecule has 1 fully saturated rings. The zero-order valence-electron chi connectivity index (χ0n) is 14.8. The zero-order valence-corrected chi connectivity index (χ0v) is 16.5. The van der Waals surface area contributed by atoms with E-state index in [0.29, 0.717) is 6.54 Å². The molecular formula is C18H18F2N4O2S2. The Labute approximate surface area is 165 Å². The first-order valence-electron chi connectivity index (χ1n) is 8.71. The van der Waals surface area contributed by atoms with Crippen molar-refractivity contribution in [1.82, 2.24) is 14.9 Å². The average molecular weight is 424 g/mol. The lowest BCUT2D eigenvalue weighted by molar-refractivity contribution is 0.234. The van der Waals surface area contributed by atoms with Gasteiger partial charge in [-0.2, -0.15) is 8.78 Å². The fraction of sp³-hybridized carbons (Fsp3) is 0.333. The normalized spacial score (nSPS) is 16.2. The van der Waals surface area contributed by atoms with Gasteiger partial charge in [0.15, 0.2) is 0 Å². The number of halogens is 2. The van der Waals surface area contributed by atoms with Gasteiger partial charge in [-0.1, -0.05) is 12.1 Å². The summed E-state index contributed by atoms with van der Waals surface area (Å²) in [6.45, 7) is 3.93. The summed E-state index contributed by atoms with van der Waals surface area (Å²) in [4.78, 5) is 13.8. The van der Waals surface area contributed by atoms with E-state index >= 15 is 0 Å². The van der Waals surface area contributed by atoms with Crippen LogP contribution in [0.2, 0.25) is 0 Å². The van der Waals surface area contributed by atoms with Gasteiger partial charge in [0.2, 0.25) is 9.84 Å². The topological polar surface area (TPSA) is 66.4 Å². The number of anilines is 1. The molecule has 3 aromatic rings. The van der Waals surface area contributed by atoms with Gasteiger partial charge in [-0.05, 0) is 29.1 Å². The standard InChI is InChI=1S/C18H18F2N4O2S2/c19-18(20)28(25,26)14-3-1-13(2-4-14)11-23-6-8-24(9-7-23)16-15-5-10-27-17(15)22-12-21-16/h1-5,10,12,18H,6-9,11H2. The van der Waals surface area contributed by atoms with Gasteiger partial charge in [0.1, 0.15) is 17.0 Å². The number of hydrogen-bond acceptors (Lipinski definition) is 7. The van der Waals surface area contributed by atoms with Crippen LogP contribution in [0.25, 0.3) is 10.2 Å². The molecule has 1 aromatic carbocycles. The Hall–Kier alpha value is -2.17. The van der Waals surface area contributed by atoms with Gasteiger partial charge in [0.05, 0.1) is 10.3 Å². The molecule has 148 valence electrons. The highest BCUT2D eigenvalue weighted by Crippen LogP contribution is 2.27. The highest BCUT2D eigenvalue weighted by Gasteiger charge is 2.26. The molecule has 0 unspecified atom stereocenters. The van der Waals surface area contributed by atoms with Crippen LogP contribution in [0.15, 0.2) is 46.9 Å². The van der Waals surface area contributed by atoms with E-state index in [2.05, 4.69) is 19.8 Å². The lowest BCUT2D eigenvalue weighted by atomic mass is 10.2. The van der Waals surface area contributed by atoms with Crippen molar-refractivity contribution in [2.24, 2.45) is 0 Å². The van der Waals surface area contributed by atoms with E-state index in [-0.39, 0.29) is 4.90 Å². The van der Waals surface area contributed by atoms with Gasteiger partial charge < -0.3 is 4.90 Å². The molecular weight excluding hydrogens is 406 g/mol. The van der Waals surface area contributed by atoms with Crippen LogP contribution < -0.4 is 4.90 Å². The number of alkyl halides is 2. The quantitative estimate of drug-likeness (QED) is 0.627. The molecule has 0 N–H and O–H groups in total. The summed E-state index contributed by atoms with van der Waals surface area (Å²) in [6.07, 6.45) is 1.59. The van der Waals surface area contributed by atoms with E-state index in [1.165, 1.54) is 12.1 Å². The van der Waals surface area contributed by atoms with Crippen LogP contribution >= 0.6 is 11.3 Å². The maximum Gasteiger partial charge on any atom is 0.341 e. The molecule has 28 heavy (non-hydrogen) atoms. The van der Waals surface area contributed by atoms with E-state index in [4.69, 9.17) is 0 Å². The molecule has 0 saturated carbocycles. The third-order valence-corrected chi connectivity index (χ3v) is 7.02. The van der Waals surface area contributed by atoms with E-state index in [1.807, 2.05) is 11.4 Å². The Balaban J connectivity index is 1.39. The molecule has 1 aliphatic rings. The molecule has 3 heterocycles. The fourth-order valence-corrected chi connectivity index (χ4v) is 4.74. The molecule has 0 aliphatic carbocycles. The third-order valence-electron chi connectivity index (χ3n) is 4.81. The number of sulfone groups is 1. The minimum Gasteiger partial charge on any atom is -0.353 e. The van der Waals surface area contributed by atoms with Crippen LogP contribution in [0.3, 0.4) is 0 Å². The van der Waals surface area contributed by atoms with Gasteiger partial charge in [-0.15, -0.1) is 11.3 Å². The lowest BCUT2D eigenvalue weighted by Crippen LogP contribution is -2.46. The van der Waals surface area contributed by atoms with Crippen molar-refractivity contribution in [3.05, 3.63) is 47.6 Å². The Kier molecular flexibility index (Phi) is 5.26. The minimum atomic E-state index is -4.54. The van der Waals surface area contributed by atoms with Crippen LogP contribution in [0.1, 0.15) is 5.56 Å². The first-order valence-corrected chi connectivity index (χ1v) is 11.1. The number of nitrogens with zero attached hydrogens (tertiary/aromatic N) is 4. The number of piperazine rings is 1. The molecule has 1 saturated heterocycles. The van der Waals surface area contributed by atoms with Crippen LogP contribution in [-0.2, 0) is 16.4 Å². The molecule has 0 amide bonds. The molecule has 0 atom stereocenters. The Bertz CT molecular complexity index is 1060. The second-order valence-corrected chi connectivity index (χ2v) is 9.36. The first kappa shape index (κ1) is 19.2. The van der Waals surface area contributed by atoms with Gasteiger partial charge in [-0.3, -0.25) is 4.90 Å². The summed E-state index contributed by atoms with van der Waals surface area (Å²) in [6, 6.07) is 7.74. The number of aromatic nitrogens is 2. The largest absolute Gasteiger partial charge is 0.353 e. The molecule has 2 aromatic heterocycles. The number of fused-ring (bicyclic) bond motifs is 1. The van der Waals surface area contributed by atoms with Crippen molar-refractivity contribution in [3.8, 4) is 0 Å². The maximum absolute atomic E-state index is 12.6. The first-order chi connectivity index (χ1) is 13.4. The van der Waals surface area contributed by atoms with Gasteiger partial charge in [0, 0.05) is 32.7 Å². The smallest absolute Gasteiger partial charge is 0.341 e. The SMILES string of the molecule is O=S(=O)(c1ccc(CN2CCN(c3ncnc4sccc34)CC2)cc1)C(F)F. The minimum absolute atomic E-state index is 0.348. The third kappa shape index (κ3) is 3.71. The molecule has 4 rings (SSSR count). The number of rotatable bonds is 5. The Morgan fingerprint density at radius 2 is 1.75 bits per heavy atom. The van der Waals surface area contributed by atoms with E-state index < -0.39 is 15.6 Å². The van der Waals surface area contributed by atoms with Crippen LogP contribution in [0.4, 0.5) is 14.6 Å².